The average molecular weight is 366 g/mol. The number of carbonyl (C=O) groups excluding carboxylic acids is 1. The summed E-state index contributed by atoms with van der Waals surface area (Å²) >= 11 is 6.11. The first kappa shape index (κ1) is 17.4. The van der Waals surface area contributed by atoms with Gasteiger partial charge in [0.25, 0.3) is 0 Å². The second-order valence-electron chi connectivity index (χ2n) is 5.69. The van der Waals surface area contributed by atoms with E-state index >= 15 is 0 Å². The van der Waals surface area contributed by atoms with E-state index in [4.69, 9.17) is 16.3 Å². The Labute approximate surface area is 149 Å². The fourth-order valence-corrected chi connectivity index (χ4v) is 2.90. The number of para-hydroxylation sites is 1. The van der Waals surface area contributed by atoms with Crippen LogP contribution in [0.4, 0.5) is 15.0 Å². The lowest BCUT2D eigenvalue weighted by Gasteiger charge is -2.27. The Balaban J connectivity index is 1.72. The molecule has 2 atom stereocenters. The molecule has 8 heteroatoms. The molecule has 25 heavy (non-hydrogen) atoms. The minimum absolute atomic E-state index is 0.124. The van der Waals surface area contributed by atoms with Gasteiger partial charge in [-0.3, -0.25) is 5.32 Å². The highest BCUT2D eigenvalue weighted by atomic mass is 35.5. The molecule has 2 amide bonds. The predicted molar refractivity (Wildman–Crippen MR) is 91.3 cm³/mol. The van der Waals surface area contributed by atoms with Crippen molar-refractivity contribution in [2.45, 2.75) is 25.5 Å². The maximum atomic E-state index is 13.6. The van der Waals surface area contributed by atoms with Gasteiger partial charge in [-0.15, -0.1) is 0 Å². The summed E-state index contributed by atoms with van der Waals surface area (Å²) in [4.78, 5) is 16.2. The van der Waals surface area contributed by atoms with Gasteiger partial charge in [-0.05, 0) is 25.1 Å². The Morgan fingerprint density at radius 1 is 1.44 bits per heavy atom. The molecule has 2 heterocycles. The Bertz CT molecular complexity index is 801. The molecule has 1 aliphatic heterocycles. The van der Waals surface area contributed by atoms with E-state index in [-0.39, 0.29) is 17.6 Å². The summed E-state index contributed by atoms with van der Waals surface area (Å²) in [6.45, 7) is 1.83. The van der Waals surface area contributed by atoms with Crippen LogP contribution in [0.3, 0.4) is 0 Å². The highest BCUT2D eigenvalue weighted by molar-refractivity contribution is 6.32. The lowest BCUT2D eigenvalue weighted by Crippen LogP contribution is -2.35. The normalized spacial score (nSPS) is 17.2. The lowest BCUT2D eigenvalue weighted by molar-refractivity contribution is 0.189. The Morgan fingerprint density at radius 2 is 2.24 bits per heavy atom. The summed E-state index contributed by atoms with van der Waals surface area (Å²) in [5.41, 5.74) is 0.673. The molecule has 3 rings (SSSR count). The van der Waals surface area contributed by atoms with E-state index in [0.29, 0.717) is 23.8 Å². The lowest BCUT2D eigenvalue weighted by atomic mass is 10.0. The summed E-state index contributed by atoms with van der Waals surface area (Å²) in [6, 6.07) is 7.08. The molecule has 0 fully saturated rings. The monoisotopic (exact) mass is 365 g/mol. The highest BCUT2D eigenvalue weighted by Crippen LogP contribution is 2.37. The van der Waals surface area contributed by atoms with Crippen LogP contribution in [0.15, 0.2) is 30.3 Å². The van der Waals surface area contributed by atoms with Gasteiger partial charge in [0.1, 0.15) is 23.1 Å². The molecule has 6 nitrogen and oxygen atoms in total. The highest BCUT2D eigenvalue weighted by Gasteiger charge is 2.25. The number of ether oxygens (including phenoxy) is 1. The van der Waals surface area contributed by atoms with E-state index in [0.717, 1.165) is 11.6 Å². The van der Waals surface area contributed by atoms with E-state index in [9.17, 15) is 14.3 Å². The molecular formula is C17H17ClFN3O3. The van der Waals surface area contributed by atoms with Crippen LogP contribution in [-0.4, -0.2) is 22.7 Å². The number of carbonyl (C=O) groups is 1. The molecule has 0 spiro atoms. The summed E-state index contributed by atoms with van der Waals surface area (Å²) in [7, 11) is 0. The van der Waals surface area contributed by atoms with Crippen LogP contribution in [0.2, 0.25) is 5.02 Å². The number of hydrogen-bond acceptors (Lipinski definition) is 4. The number of pyridine rings is 1. The fourth-order valence-electron chi connectivity index (χ4n) is 2.67. The van der Waals surface area contributed by atoms with Crippen molar-refractivity contribution >= 4 is 23.4 Å². The van der Waals surface area contributed by atoms with Crippen molar-refractivity contribution in [3.05, 3.63) is 52.4 Å². The van der Waals surface area contributed by atoms with Crippen molar-refractivity contribution in [2.24, 2.45) is 0 Å². The molecule has 0 radical (unpaired) electrons. The van der Waals surface area contributed by atoms with Gasteiger partial charge in [0.05, 0.1) is 23.8 Å². The Kier molecular flexibility index (Phi) is 5.06. The van der Waals surface area contributed by atoms with Crippen LogP contribution in [0.25, 0.3) is 0 Å². The van der Waals surface area contributed by atoms with E-state index < -0.39 is 18.0 Å². The number of urea groups is 1. The van der Waals surface area contributed by atoms with E-state index in [1.807, 2.05) is 6.07 Å². The molecular weight excluding hydrogens is 349 g/mol. The van der Waals surface area contributed by atoms with Crippen molar-refractivity contribution in [1.82, 2.24) is 10.3 Å². The summed E-state index contributed by atoms with van der Waals surface area (Å²) in [5.74, 6) is 0.0825. The van der Waals surface area contributed by atoms with Crippen molar-refractivity contribution < 1.29 is 19.0 Å². The van der Waals surface area contributed by atoms with Gasteiger partial charge in [0.2, 0.25) is 0 Å². The van der Waals surface area contributed by atoms with Crippen LogP contribution < -0.4 is 15.4 Å². The molecule has 3 N–H and O–H groups in total. The smallest absolute Gasteiger partial charge is 0.320 e. The van der Waals surface area contributed by atoms with Gasteiger partial charge in [-0.2, -0.15) is 0 Å². The molecule has 1 aromatic heterocycles. The van der Waals surface area contributed by atoms with Crippen LogP contribution in [-0.2, 0) is 0 Å². The molecule has 0 saturated carbocycles. The van der Waals surface area contributed by atoms with E-state index in [1.165, 1.54) is 13.0 Å². The van der Waals surface area contributed by atoms with Crippen LogP contribution >= 0.6 is 11.6 Å². The van der Waals surface area contributed by atoms with Gasteiger partial charge in [-0.25, -0.2) is 14.2 Å². The molecule has 1 aliphatic rings. The van der Waals surface area contributed by atoms with Crippen LogP contribution in [0.5, 0.6) is 5.75 Å². The van der Waals surface area contributed by atoms with Gasteiger partial charge < -0.3 is 15.2 Å². The molecule has 0 unspecified atom stereocenters. The van der Waals surface area contributed by atoms with E-state index in [2.05, 4.69) is 15.6 Å². The summed E-state index contributed by atoms with van der Waals surface area (Å²) < 4.78 is 19.1. The quantitative estimate of drug-likeness (QED) is 0.776. The number of hydrogen-bond donors (Lipinski definition) is 3. The van der Waals surface area contributed by atoms with Crippen LogP contribution in [0.1, 0.15) is 36.7 Å². The molecule has 0 bridgehead atoms. The van der Waals surface area contributed by atoms with Crippen molar-refractivity contribution in [1.29, 1.82) is 0 Å². The number of aliphatic hydroxyl groups excluding tert-OH is 1. The van der Waals surface area contributed by atoms with Gasteiger partial charge in [0, 0.05) is 12.0 Å². The van der Waals surface area contributed by atoms with Gasteiger partial charge in [0.15, 0.2) is 0 Å². The third-order valence-corrected chi connectivity index (χ3v) is 4.14. The maximum absolute atomic E-state index is 13.6. The SMILES string of the molecule is C[C@@H](O)c1nc(NC(=O)N[C@H]2CCOc3c(Cl)cccc32)ccc1F. The zero-order valence-electron chi connectivity index (χ0n) is 13.4. The molecule has 132 valence electrons. The number of aliphatic hydroxyl groups is 1. The van der Waals surface area contributed by atoms with E-state index in [1.54, 1.807) is 12.1 Å². The number of nitrogens with zero attached hydrogens (tertiary/aromatic N) is 1. The molecule has 0 saturated heterocycles. The third kappa shape index (κ3) is 3.83. The number of amides is 2. The van der Waals surface area contributed by atoms with Crippen molar-refractivity contribution in [2.75, 3.05) is 11.9 Å². The molecule has 2 aromatic rings. The standard InChI is InChI=1S/C17H17ClFN3O3/c1-9(23)15-12(19)5-6-14(21-15)22-17(24)20-13-7-8-25-16-10(13)3-2-4-11(16)18/h2-6,9,13,23H,7-8H2,1H3,(H2,20,21,22,24)/t9-,13+/m1/s1. The van der Waals surface area contributed by atoms with Crippen molar-refractivity contribution in [3.63, 3.8) is 0 Å². The Morgan fingerprint density at radius 3 is 3.00 bits per heavy atom. The second-order valence-corrected chi connectivity index (χ2v) is 6.09. The Hall–Kier alpha value is -2.38. The molecule has 1 aromatic carbocycles. The first-order valence-electron chi connectivity index (χ1n) is 7.79. The van der Waals surface area contributed by atoms with Gasteiger partial charge >= 0.3 is 6.03 Å². The minimum atomic E-state index is -1.07. The first-order chi connectivity index (χ1) is 12.0. The number of anilines is 1. The fraction of sp³-hybridized carbons (Fsp3) is 0.294. The van der Waals surface area contributed by atoms with Crippen LogP contribution in [0, 0.1) is 5.82 Å². The minimum Gasteiger partial charge on any atom is -0.492 e. The zero-order valence-corrected chi connectivity index (χ0v) is 14.2. The molecule has 0 aliphatic carbocycles. The first-order valence-corrected chi connectivity index (χ1v) is 8.16. The van der Waals surface area contributed by atoms with Gasteiger partial charge in [-0.1, -0.05) is 23.7 Å². The number of rotatable bonds is 3. The topological polar surface area (TPSA) is 83.5 Å². The number of halogens is 2. The average Bonchev–Trinajstić information content (AvgIpc) is 2.57. The maximum Gasteiger partial charge on any atom is 0.320 e. The zero-order chi connectivity index (χ0) is 18.0. The second kappa shape index (κ2) is 7.25. The predicted octanol–water partition coefficient (Wildman–Crippen LogP) is 3.57. The number of benzene rings is 1. The van der Waals surface area contributed by atoms with Crippen molar-refractivity contribution in [3.8, 4) is 5.75 Å². The summed E-state index contributed by atoms with van der Waals surface area (Å²) in [6.07, 6.45) is -0.481. The largest absolute Gasteiger partial charge is 0.492 e. The third-order valence-electron chi connectivity index (χ3n) is 3.84. The number of aromatic nitrogens is 1. The summed E-state index contributed by atoms with van der Waals surface area (Å²) in [5, 5.41) is 15.4. The number of fused-ring (bicyclic) bond motifs is 1. The number of nitrogens with one attached hydrogen (secondary N) is 2.